The number of aryl methyl sites for hydroxylation is 2. The molecule has 3 heterocycles. The molecular weight excluding hydrogens is 412 g/mol. The zero-order chi connectivity index (χ0) is 22.9. The van der Waals surface area contributed by atoms with Crippen LogP contribution in [0.1, 0.15) is 25.2 Å². The lowest BCUT2D eigenvalue weighted by Gasteiger charge is -2.39. The number of hydrogen-bond acceptors (Lipinski definition) is 6. The van der Waals surface area contributed by atoms with Gasteiger partial charge in [-0.1, -0.05) is 0 Å². The Bertz CT molecular complexity index is 1350. The van der Waals surface area contributed by atoms with Crippen LogP contribution < -0.4 is 10.2 Å². The molecule has 0 unspecified atom stereocenters. The maximum absolute atomic E-state index is 9.46. The fourth-order valence-corrected chi connectivity index (χ4v) is 4.87. The second-order valence-corrected chi connectivity index (χ2v) is 8.60. The first-order valence-corrected chi connectivity index (χ1v) is 11.5. The smallest absolute Gasteiger partial charge is 0.106 e. The quantitative estimate of drug-likeness (QED) is 0.493. The summed E-state index contributed by atoms with van der Waals surface area (Å²) in [4.78, 5) is 11.5. The molecule has 1 fully saturated rings. The van der Waals surface area contributed by atoms with Crippen LogP contribution in [0.3, 0.4) is 0 Å². The lowest BCUT2D eigenvalue weighted by molar-refractivity contribution is -0.00819. The molecule has 0 saturated carbocycles. The van der Waals surface area contributed by atoms with Crippen LogP contribution in [0.15, 0.2) is 48.7 Å². The molecule has 1 N–H and O–H groups in total. The summed E-state index contributed by atoms with van der Waals surface area (Å²) < 4.78 is 8.47. The molecule has 1 aliphatic heterocycles. The number of nitrogens with one attached hydrogen (secondary N) is 1. The molecule has 5 rings (SSSR count). The topological polar surface area (TPSA) is 79.0 Å². The van der Waals surface area contributed by atoms with E-state index in [0.717, 1.165) is 58.8 Å². The third kappa shape index (κ3) is 3.98. The molecule has 0 bridgehead atoms. The molecule has 2 aromatic carbocycles. The Kier molecular flexibility index (Phi) is 5.61. The number of ether oxygens (including phenoxy) is 1. The van der Waals surface area contributed by atoms with E-state index >= 15 is 0 Å². The van der Waals surface area contributed by atoms with Crippen LogP contribution in [0.5, 0.6) is 0 Å². The van der Waals surface area contributed by atoms with E-state index in [1.165, 1.54) is 0 Å². The summed E-state index contributed by atoms with van der Waals surface area (Å²) in [6, 6.07) is 16.5. The molecule has 7 heteroatoms. The molecule has 0 amide bonds. The van der Waals surface area contributed by atoms with Crippen LogP contribution in [0.4, 0.5) is 11.4 Å². The van der Waals surface area contributed by atoms with Crippen molar-refractivity contribution < 1.29 is 4.74 Å². The highest BCUT2D eigenvalue weighted by Crippen LogP contribution is 2.30. The van der Waals surface area contributed by atoms with Crippen LogP contribution in [0, 0.1) is 18.3 Å². The predicted octanol–water partition coefficient (Wildman–Crippen LogP) is 4.49. The highest BCUT2D eigenvalue weighted by Gasteiger charge is 2.27. The number of pyridine rings is 1. The molecule has 168 valence electrons. The summed E-state index contributed by atoms with van der Waals surface area (Å²) in [6.07, 6.45) is 1.86. The van der Waals surface area contributed by atoms with Crippen LogP contribution in [0.2, 0.25) is 0 Å². The second kappa shape index (κ2) is 8.72. The van der Waals surface area contributed by atoms with Crippen molar-refractivity contribution in [3.8, 4) is 6.07 Å². The van der Waals surface area contributed by atoms with Crippen LogP contribution in [0.25, 0.3) is 21.9 Å². The predicted molar refractivity (Wildman–Crippen MR) is 132 cm³/mol. The first-order valence-electron chi connectivity index (χ1n) is 11.5. The van der Waals surface area contributed by atoms with Crippen molar-refractivity contribution in [2.75, 3.05) is 29.9 Å². The van der Waals surface area contributed by atoms with E-state index in [1.54, 1.807) is 6.20 Å². The normalized spacial score (nSPS) is 18.5. The van der Waals surface area contributed by atoms with Gasteiger partial charge in [0.1, 0.15) is 11.9 Å². The SMILES string of the molecule is CCn1c(C)nc2cc(NC[C@H]3CN(c4ccc(C#N)c5ncccc45)C[C@@H](C)O3)ccc21. The van der Waals surface area contributed by atoms with Gasteiger partial charge in [0, 0.05) is 49.1 Å². The van der Waals surface area contributed by atoms with Gasteiger partial charge in [0.05, 0.1) is 34.3 Å². The fraction of sp³-hybridized carbons (Fsp3) is 0.346. The summed E-state index contributed by atoms with van der Waals surface area (Å²) >= 11 is 0. The molecule has 0 spiro atoms. The molecule has 7 nitrogen and oxygen atoms in total. The number of anilines is 2. The first kappa shape index (κ1) is 21.2. The number of nitrogens with zero attached hydrogens (tertiary/aromatic N) is 5. The average Bonchev–Trinajstić information content (AvgIpc) is 3.15. The Balaban J connectivity index is 1.35. The lowest BCUT2D eigenvalue weighted by Crippen LogP contribution is -2.49. The largest absolute Gasteiger partial charge is 0.382 e. The number of rotatable bonds is 5. The highest BCUT2D eigenvalue weighted by molar-refractivity contribution is 5.95. The van der Waals surface area contributed by atoms with E-state index in [1.807, 2.05) is 31.2 Å². The minimum atomic E-state index is 0.0294. The number of imidazole rings is 1. The van der Waals surface area contributed by atoms with E-state index in [0.29, 0.717) is 12.1 Å². The zero-order valence-corrected chi connectivity index (χ0v) is 19.2. The summed E-state index contributed by atoms with van der Waals surface area (Å²) in [5, 5.41) is 14.0. The summed E-state index contributed by atoms with van der Waals surface area (Å²) in [5.41, 5.74) is 5.67. The summed E-state index contributed by atoms with van der Waals surface area (Å²) in [7, 11) is 0. The summed E-state index contributed by atoms with van der Waals surface area (Å²) in [5.74, 6) is 1.04. The number of benzene rings is 2. The van der Waals surface area contributed by atoms with E-state index in [2.05, 4.69) is 57.9 Å². The van der Waals surface area contributed by atoms with Crippen LogP contribution >= 0.6 is 0 Å². The van der Waals surface area contributed by atoms with Gasteiger partial charge in [0.25, 0.3) is 0 Å². The van der Waals surface area contributed by atoms with Crippen LogP contribution in [-0.2, 0) is 11.3 Å². The van der Waals surface area contributed by atoms with Gasteiger partial charge in [0.15, 0.2) is 0 Å². The summed E-state index contributed by atoms with van der Waals surface area (Å²) in [6.45, 7) is 9.47. The minimum Gasteiger partial charge on any atom is -0.382 e. The van der Waals surface area contributed by atoms with Crippen molar-refractivity contribution in [3.63, 3.8) is 0 Å². The highest BCUT2D eigenvalue weighted by atomic mass is 16.5. The van der Waals surface area contributed by atoms with Gasteiger partial charge in [-0.15, -0.1) is 0 Å². The number of aromatic nitrogens is 3. The first-order chi connectivity index (χ1) is 16.1. The van der Waals surface area contributed by atoms with E-state index in [-0.39, 0.29) is 12.2 Å². The Morgan fingerprint density at radius 3 is 2.91 bits per heavy atom. The molecule has 4 aromatic rings. The standard InChI is InChI=1S/C26H28N6O/c1-4-32-18(3)30-23-12-20(8-10-25(23)32)29-14-21-16-31(15-17(2)33-21)24-9-7-19(13-27)26-22(24)6-5-11-28-26/h5-12,17,21,29H,4,14-16H2,1-3H3/t17-,21+/m1/s1. The monoisotopic (exact) mass is 440 g/mol. The van der Waals surface area contributed by atoms with Gasteiger partial charge in [-0.2, -0.15) is 5.26 Å². The number of nitriles is 1. The number of fused-ring (bicyclic) bond motifs is 2. The molecule has 0 radical (unpaired) electrons. The van der Waals surface area contributed by atoms with Crippen LogP contribution in [-0.4, -0.2) is 46.4 Å². The maximum Gasteiger partial charge on any atom is 0.106 e. The van der Waals surface area contributed by atoms with E-state index in [9.17, 15) is 5.26 Å². The molecule has 2 atom stereocenters. The second-order valence-electron chi connectivity index (χ2n) is 8.60. The molecule has 1 aliphatic rings. The fourth-order valence-electron chi connectivity index (χ4n) is 4.87. The zero-order valence-electron chi connectivity index (χ0n) is 19.2. The molecular formula is C26H28N6O. The maximum atomic E-state index is 9.46. The van der Waals surface area contributed by atoms with Gasteiger partial charge in [0.2, 0.25) is 0 Å². The van der Waals surface area contributed by atoms with Crippen molar-refractivity contribution in [2.24, 2.45) is 0 Å². The Morgan fingerprint density at radius 2 is 2.09 bits per heavy atom. The van der Waals surface area contributed by atoms with Crippen molar-refractivity contribution >= 4 is 33.3 Å². The van der Waals surface area contributed by atoms with Crippen molar-refractivity contribution in [1.82, 2.24) is 14.5 Å². The molecule has 1 saturated heterocycles. The minimum absolute atomic E-state index is 0.0294. The van der Waals surface area contributed by atoms with Gasteiger partial charge >= 0.3 is 0 Å². The number of hydrogen-bond donors (Lipinski definition) is 1. The average molecular weight is 441 g/mol. The third-order valence-corrected chi connectivity index (χ3v) is 6.32. The van der Waals surface area contributed by atoms with Crippen molar-refractivity contribution in [2.45, 2.75) is 39.5 Å². The van der Waals surface area contributed by atoms with Gasteiger partial charge in [-0.05, 0) is 63.2 Å². The molecule has 33 heavy (non-hydrogen) atoms. The molecule has 0 aliphatic carbocycles. The lowest BCUT2D eigenvalue weighted by atomic mass is 10.1. The Morgan fingerprint density at radius 1 is 1.21 bits per heavy atom. The Hall–Kier alpha value is -3.63. The van der Waals surface area contributed by atoms with Crippen molar-refractivity contribution in [3.05, 3.63) is 60.0 Å². The third-order valence-electron chi connectivity index (χ3n) is 6.32. The number of morpholine rings is 1. The van der Waals surface area contributed by atoms with E-state index < -0.39 is 0 Å². The van der Waals surface area contributed by atoms with Gasteiger partial charge in [-0.3, -0.25) is 4.98 Å². The van der Waals surface area contributed by atoms with E-state index in [4.69, 9.17) is 9.72 Å². The molecule has 2 aromatic heterocycles. The van der Waals surface area contributed by atoms with Crippen molar-refractivity contribution in [1.29, 1.82) is 5.26 Å². The van der Waals surface area contributed by atoms with Gasteiger partial charge in [-0.25, -0.2) is 4.98 Å². The Labute approximate surface area is 193 Å². The van der Waals surface area contributed by atoms with Gasteiger partial charge < -0.3 is 19.5 Å².